The van der Waals surface area contributed by atoms with Crippen molar-refractivity contribution in [2.24, 2.45) is 11.8 Å². The second-order valence-electron chi connectivity index (χ2n) is 6.35. The molecule has 5 heteroatoms. The molecule has 2 fully saturated rings. The molecule has 0 aromatic rings. The monoisotopic (exact) mass is 296 g/mol. The van der Waals surface area contributed by atoms with E-state index in [0.29, 0.717) is 19.6 Å². The summed E-state index contributed by atoms with van der Waals surface area (Å²) in [6.45, 7) is 7.83. The predicted octanol–water partition coefficient (Wildman–Crippen LogP) is 1.56. The highest BCUT2D eigenvalue weighted by molar-refractivity contribution is 5.97. The van der Waals surface area contributed by atoms with Crippen molar-refractivity contribution >= 4 is 11.8 Å². The van der Waals surface area contributed by atoms with Crippen LogP contribution in [0.25, 0.3) is 0 Å². The summed E-state index contributed by atoms with van der Waals surface area (Å²) < 4.78 is 5.63. The molecule has 1 heterocycles. The molecule has 1 saturated carbocycles. The van der Waals surface area contributed by atoms with E-state index < -0.39 is 0 Å². The minimum atomic E-state index is -0.381. The molecule has 21 heavy (non-hydrogen) atoms. The summed E-state index contributed by atoms with van der Waals surface area (Å²) in [7, 11) is 0. The zero-order valence-electron chi connectivity index (χ0n) is 13.4. The van der Waals surface area contributed by atoms with Crippen LogP contribution in [-0.4, -0.2) is 48.6 Å². The van der Waals surface area contributed by atoms with Gasteiger partial charge >= 0.3 is 0 Å². The van der Waals surface area contributed by atoms with E-state index >= 15 is 0 Å². The maximum Gasteiger partial charge on any atom is 0.246 e. The third-order valence-corrected chi connectivity index (χ3v) is 4.65. The third kappa shape index (κ3) is 3.96. The Morgan fingerprint density at radius 3 is 2.62 bits per heavy atom. The molecule has 2 aliphatic rings. The van der Waals surface area contributed by atoms with Gasteiger partial charge in [-0.15, -0.1) is 0 Å². The highest BCUT2D eigenvalue weighted by Gasteiger charge is 2.41. The quantitative estimate of drug-likeness (QED) is 0.692. The summed E-state index contributed by atoms with van der Waals surface area (Å²) in [6, 6.07) is -0.726. The number of hydrogen-bond acceptors (Lipinski definition) is 3. The van der Waals surface area contributed by atoms with Gasteiger partial charge < -0.3 is 15.0 Å². The zero-order chi connectivity index (χ0) is 15.4. The van der Waals surface area contributed by atoms with Crippen LogP contribution in [-0.2, 0) is 14.3 Å². The lowest BCUT2D eigenvalue weighted by molar-refractivity contribution is -0.151. The van der Waals surface area contributed by atoms with Crippen molar-refractivity contribution in [3.05, 3.63) is 0 Å². The maximum atomic E-state index is 12.6. The number of amides is 2. The predicted molar refractivity (Wildman–Crippen MR) is 80.7 cm³/mol. The van der Waals surface area contributed by atoms with Crippen LogP contribution in [0.5, 0.6) is 0 Å². The van der Waals surface area contributed by atoms with Crippen LogP contribution in [0.1, 0.15) is 46.5 Å². The molecule has 1 aliphatic carbocycles. The van der Waals surface area contributed by atoms with Gasteiger partial charge in [0, 0.05) is 13.2 Å². The molecule has 120 valence electrons. The Labute approximate surface area is 127 Å². The van der Waals surface area contributed by atoms with Crippen LogP contribution in [0, 0.1) is 11.8 Å². The van der Waals surface area contributed by atoms with Gasteiger partial charge in [0.15, 0.2) is 0 Å². The van der Waals surface area contributed by atoms with Gasteiger partial charge in [0.1, 0.15) is 12.1 Å². The number of ether oxygens (including phenoxy) is 1. The Balaban J connectivity index is 1.94. The van der Waals surface area contributed by atoms with Crippen LogP contribution in [0.4, 0.5) is 0 Å². The molecular formula is C16H28N2O3. The summed E-state index contributed by atoms with van der Waals surface area (Å²) in [5, 5.41) is 2.90. The standard InChI is InChI=1S/C16H28N2O3/c1-4-11(3)14-16(20)18(13(5-2)15(19)17-14)8-9-21-10-12-6-7-12/h11-14H,4-10H2,1-3H3,(H,17,19). The first-order valence-corrected chi connectivity index (χ1v) is 8.27. The largest absolute Gasteiger partial charge is 0.379 e. The summed E-state index contributed by atoms with van der Waals surface area (Å²) in [5.74, 6) is 0.907. The molecule has 1 N–H and O–H groups in total. The molecule has 1 aliphatic heterocycles. The third-order valence-electron chi connectivity index (χ3n) is 4.65. The Morgan fingerprint density at radius 1 is 1.33 bits per heavy atom. The molecule has 3 atom stereocenters. The van der Waals surface area contributed by atoms with Crippen LogP contribution >= 0.6 is 0 Å². The van der Waals surface area contributed by atoms with Gasteiger partial charge in [-0.25, -0.2) is 0 Å². The lowest BCUT2D eigenvalue weighted by atomic mass is 9.93. The van der Waals surface area contributed by atoms with Crippen LogP contribution in [0.15, 0.2) is 0 Å². The highest BCUT2D eigenvalue weighted by Crippen LogP contribution is 2.28. The fourth-order valence-corrected chi connectivity index (χ4v) is 2.78. The Morgan fingerprint density at radius 2 is 2.05 bits per heavy atom. The summed E-state index contributed by atoms with van der Waals surface area (Å²) >= 11 is 0. The number of carbonyl (C=O) groups is 2. The SMILES string of the molecule is CCC(C)C1NC(=O)C(CC)N(CCOCC2CC2)C1=O. The molecule has 2 rings (SSSR count). The van der Waals surface area contributed by atoms with E-state index in [1.54, 1.807) is 4.90 Å². The molecular weight excluding hydrogens is 268 g/mol. The maximum absolute atomic E-state index is 12.6. The fraction of sp³-hybridized carbons (Fsp3) is 0.875. The first-order valence-electron chi connectivity index (χ1n) is 8.27. The van der Waals surface area contributed by atoms with Crippen molar-refractivity contribution in [1.29, 1.82) is 0 Å². The Bertz CT molecular complexity index is 382. The minimum Gasteiger partial charge on any atom is -0.379 e. The average molecular weight is 296 g/mol. The lowest BCUT2D eigenvalue weighted by Crippen LogP contribution is -2.65. The van der Waals surface area contributed by atoms with Gasteiger partial charge in [0.05, 0.1) is 6.61 Å². The Kier molecular flexibility index (Phi) is 5.62. The van der Waals surface area contributed by atoms with Crippen LogP contribution < -0.4 is 5.32 Å². The van der Waals surface area contributed by atoms with Crippen molar-refractivity contribution in [2.45, 2.75) is 58.5 Å². The van der Waals surface area contributed by atoms with Gasteiger partial charge in [-0.2, -0.15) is 0 Å². The van der Waals surface area contributed by atoms with E-state index in [4.69, 9.17) is 4.74 Å². The number of hydrogen-bond donors (Lipinski definition) is 1. The van der Waals surface area contributed by atoms with Gasteiger partial charge in [0.25, 0.3) is 0 Å². The number of carbonyl (C=O) groups excluding carboxylic acids is 2. The summed E-state index contributed by atoms with van der Waals surface area (Å²) in [6.07, 6.45) is 4.05. The van der Waals surface area contributed by atoms with E-state index in [1.807, 2.05) is 20.8 Å². The van der Waals surface area contributed by atoms with E-state index in [1.165, 1.54) is 12.8 Å². The molecule has 5 nitrogen and oxygen atoms in total. The number of nitrogens with zero attached hydrogens (tertiary/aromatic N) is 1. The second-order valence-corrected chi connectivity index (χ2v) is 6.35. The lowest BCUT2D eigenvalue weighted by Gasteiger charge is -2.40. The van der Waals surface area contributed by atoms with Crippen LogP contribution in [0.3, 0.4) is 0 Å². The number of rotatable bonds is 8. The first-order chi connectivity index (χ1) is 10.1. The van der Waals surface area contributed by atoms with E-state index in [9.17, 15) is 9.59 Å². The smallest absolute Gasteiger partial charge is 0.246 e. The normalized spacial score (nSPS) is 27.7. The summed E-state index contributed by atoms with van der Waals surface area (Å²) in [4.78, 5) is 26.6. The molecule has 1 saturated heterocycles. The fourth-order valence-electron chi connectivity index (χ4n) is 2.78. The molecule has 0 aromatic heterocycles. The summed E-state index contributed by atoms with van der Waals surface area (Å²) in [5.41, 5.74) is 0. The zero-order valence-corrected chi connectivity index (χ0v) is 13.4. The molecule has 0 radical (unpaired) electrons. The first kappa shape index (κ1) is 16.3. The molecule has 2 amide bonds. The molecule has 0 spiro atoms. The van der Waals surface area contributed by atoms with E-state index in [0.717, 1.165) is 18.9 Å². The minimum absolute atomic E-state index is 0.0235. The highest BCUT2D eigenvalue weighted by atomic mass is 16.5. The van der Waals surface area contributed by atoms with Crippen molar-refractivity contribution in [1.82, 2.24) is 10.2 Å². The Hall–Kier alpha value is -1.10. The van der Waals surface area contributed by atoms with Crippen LogP contribution in [0.2, 0.25) is 0 Å². The van der Waals surface area contributed by atoms with E-state index in [-0.39, 0.29) is 29.8 Å². The van der Waals surface area contributed by atoms with Crippen molar-refractivity contribution < 1.29 is 14.3 Å². The molecule has 3 unspecified atom stereocenters. The van der Waals surface area contributed by atoms with Crippen molar-refractivity contribution in [2.75, 3.05) is 19.8 Å². The van der Waals surface area contributed by atoms with Crippen molar-refractivity contribution in [3.8, 4) is 0 Å². The molecule has 0 bridgehead atoms. The number of nitrogens with one attached hydrogen (secondary N) is 1. The topological polar surface area (TPSA) is 58.6 Å². The molecule has 0 aromatic carbocycles. The van der Waals surface area contributed by atoms with Gasteiger partial charge in [-0.1, -0.05) is 27.2 Å². The van der Waals surface area contributed by atoms with E-state index in [2.05, 4.69) is 5.32 Å². The second kappa shape index (κ2) is 7.25. The number of piperazine rings is 1. The van der Waals surface area contributed by atoms with Gasteiger partial charge in [-0.3, -0.25) is 9.59 Å². The van der Waals surface area contributed by atoms with Gasteiger partial charge in [0.2, 0.25) is 11.8 Å². The van der Waals surface area contributed by atoms with Gasteiger partial charge in [-0.05, 0) is 31.1 Å². The van der Waals surface area contributed by atoms with Crippen molar-refractivity contribution in [3.63, 3.8) is 0 Å². The average Bonchev–Trinajstić information content (AvgIpc) is 3.29.